The lowest BCUT2D eigenvalue weighted by Crippen LogP contribution is -2.59. The Morgan fingerprint density at radius 2 is 1.61 bits per heavy atom. The van der Waals surface area contributed by atoms with E-state index < -0.39 is 66.7 Å². The molecule has 1 saturated heterocycles. The molecule has 4 N–H and O–H groups in total. The number of aliphatic hydroxyl groups excluding tert-OH is 4. The molecule has 7 nitrogen and oxygen atoms in total. The van der Waals surface area contributed by atoms with Crippen LogP contribution in [-0.2, 0) is 17.1 Å². The molecule has 1 aliphatic rings. The van der Waals surface area contributed by atoms with Crippen LogP contribution in [0.2, 0.25) is 0 Å². The number of aromatic nitrogens is 2. The highest BCUT2D eigenvalue weighted by Gasteiger charge is 2.47. The molecule has 3 rings (SSSR count). The van der Waals surface area contributed by atoms with Gasteiger partial charge in [-0.15, -0.1) is 0 Å². The Bertz CT molecular complexity index is 967. The average Bonchev–Trinajstić information content (AvgIpc) is 2.76. The van der Waals surface area contributed by atoms with Crippen molar-refractivity contribution in [2.24, 2.45) is 0 Å². The molecule has 1 aromatic carbocycles. The van der Waals surface area contributed by atoms with Crippen LogP contribution in [0.1, 0.15) is 29.7 Å². The van der Waals surface area contributed by atoms with E-state index in [4.69, 9.17) is 4.74 Å². The summed E-state index contributed by atoms with van der Waals surface area (Å²) < 4.78 is 84.9. The van der Waals surface area contributed by atoms with Crippen molar-refractivity contribution in [2.45, 2.75) is 55.7 Å². The smallest absolute Gasteiger partial charge is 0.394 e. The second-order valence-electron chi connectivity index (χ2n) is 7.67. The Hall–Kier alpha value is -2.32. The molecule has 0 amide bonds. The third-order valence-electron chi connectivity index (χ3n) is 5.51. The monoisotopic (exact) mass is 482 g/mol. The van der Waals surface area contributed by atoms with E-state index in [2.05, 4.69) is 9.97 Å². The molecule has 0 bridgehead atoms. The molecule has 0 aliphatic carbocycles. The number of hydrogen-bond acceptors (Lipinski definition) is 7. The van der Waals surface area contributed by atoms with Gasteiger partial charge in [-0.2, -0.15) is 26.3 Å². The lowest BCUT2D eigenvalue weighted by atomic mass is 9.83. The Kier molecular flexibility index (Phi) is 7.01. The number of rotatable bonds is 4. The highest BCUT2D eigenvalue weighted by atomic mass is 19.4. The van der Waals surface area contributed by atoms with Crippen LogP contribution >= 0.6 is 0 Å². The minimum Gasteiger partial charge on any atom is -0.394 e. The zero-order chi connectivity index (χ0) is 24.7. The van der Waals surface area contributed by atoms with E-state index in [-0.39, 0.29) is 16.8 Å². The van der Waals surface area contributed by atoms with Crippen LogP contribution in [0.5, 0.6) is 0 Å². The van der Waals surface area contributed by atoms with Crippen molar-refractivity contribution in [3.05, 3.63) is 47.4 Å². The standard InChI is InChI=1S/C20H20F6N2O5/c1-8(18-17(32)16(31)15(30)13(7-29)33-18)10-3-2-9(4-11(10)19(21,22)23)12-5-28-14(6-27-12)20(24,25)26/h2-6,8,13,15-18,29-32H,7H2,1H3. The van der Waals surface area contributed by atoms with Gasteiger partial charge in [0.25, 0.3) is 0 Å². The van der Waals surface area contributed by atoms with E-state index in [1.54, 1.807) is 0 Å². The molecule has 2 aromatic rings. The van der Waals surface area contributed by atoms with Crippen molar-refractivity contribution >= 4 is 0 Å². The highest BCUT2D eigenvalue weighted by molar-refractivity contribution is 5.61. The molecular formula is C20H20F6N2O5. The SMILES string of the molecule is CC(c1ccc(-c2cnc(C(F)(F)F)cn2)cc1C(F)(F)F)C1OC(CO)C(O)C(O)C1O. The van der Waals surface area contributed by atoms with Crippen molar-refractivity contribution in [1.29, 1.82) is 0 Å². The van der Waals surface area contributed by atoms with Gasteiger partial charge in [0.1, 0.15) is 24.4 Å². The van der Waals surface area contributed by atoms with Gasteiger partial charge < -0.3 is 25.2 Å². The molecule has 1 aliphatic heterocycles. The summed E-state index contributed by atoms with van der Waals surface area (Å²) in [5.41, 5.74) is -3.16. The molecule has 6 unspecified atom stereocenters. The largest absolute Gasteiger partial charge is 0.434 e. The van der Waals surface area contributed by atoms with Crippen LogP contribution in [0.4, 0.5) is 26.3 Å². The van der Waals surface area contributed by atoms with Gasteiger partial charge in [0, 0.05) is 11.5 Å². The van der Waals surface area contributed by atoms with E-state index in [0.29, 0.717) is 18.5 Å². The van der Waals surface area contributed by atoms with Gasteiger partial charge in [-0.05, 0) is 11.6 Å². The molecule has 1 fully saturated rings. The zero-order valence-electron chi connectivity index (χ0n) is 16.9. The summed E-state index contributed by atoms with van der Waals surface area (Å²) in [7, 11) is 0. The average molecular weight is 482 g/mol. The zero-order valence-corrected chi connectivity index (χ0v) is 16.9. The van der Waals surface area contributed by atoms with Crippen molar-refractivity contribution in [1.82, 2.24) is 9.97 Å². The Morgan fingerprint density at radius 3 is 2.12 bits per heavy atom. The van der Waals surface area contributed by atoms with E-state index in [1.165, 1.54) is 13.0 Å². The van der Waals surface area contributed by atoms with Gasteiger partial charge in [-0.3, -0.25) is 4.98 Å². The number of nitrogens with zero attached hydrogens (tertiary/aromatic N) is 2. The second kappa shape index (κ2) is 9.14. The van der Waals surface area contributed by atoms with Crippen LogP contribution < -0.4 is 0 Å². The van der Waals surface area contributed by atoms with E-state index in [1.807, 2.05) is 0 Å². The van der Waals surface area contributed by atoms with Crippen LogP contribution in [0.25, 0.3) is 11.3 Å². The van der Waals surface area contributed by atoms with Crippen LogP contribution in [0.15, 0.2) is 30.6 Å². The van der Waals surface area contributed by atoms with Crippen LogP contribution in [0, 0.1) is 0 Å². The fraction of sp³-hybridized carbons (Fsp3) is 0.500. The normalized spacial score (nSPS) is 27.4. The predicted octanol–water partition coefficient (Wildman–Crippen LogP) is 2.13. The van der Waals surface area contributed by atoms with Gasteiger partial charge in [0.05, 0.1) is 36.4 Å². The number of benzene rings is 1. The molecular weight excluding hydrogens is 462 g/mol. The molecule has 0 spiro atoms. The van der Waals surface area contributed by atoms with Crippen LogP contribution in [0.3, 0.4) is 0 Å². The summed E-state index contributed by atoms with van der Waals surface area (Å²) in [5.74, 6) is -1.17. The first-order valence-electron chi connectivity index (χ1n) is 9.67. The summed E-state index contributed by atoms with van der Waals surface area (Å²) in [5, 5.41) is 39.4. The molecule has 182 valence electrons. The van der Waals surface area contributed by atoms with E-state index in [9.17, 15) is 46.8 Å². The summed E-state index contributed by atoms with van der Waals surface area (Å²) in [6.07, 6.45) is -16.4. The number of hydrogen-bond donors (Lipinski definition) is 4. The maximum atomic E-state index is 13.9. The molecule has 1 aromatic heterocycles. The Morgan fingerprint density at radius 1 is 0.939 bits per heavy atom. The predicted molar refractivity (Wildman–Crippen MR) is 99.7 cm³/mol. The lowest BCUT2D eigenvalue weighted by molar-refractivity contribution is -0.233. The van der Waals surface area contributed by atoms with Gasteiger partial charge in [-0.1, -0.05) is 19.1 Å². The van der Waals surface area contributed by atoms with Crippen molar-refractivity contribution < 1.29 is 51.5 Å². The Balaban J connectivity index is 1.99. The first kappa shape index (κ1) is 25.3. The summed E-state index contributed by atoms with van der Waals surface area (Å²) in [4.78, 5) is 6.75. The molecule has 33 heavy (non-hydrogen) atoms. The summed E-state index contributed by atoms with van der Waals surface area (Å²) >= 11 is 0. The molecule has 0 radical (unpaired) electrons. The summed E-state index contributed by atoms with van der Waals surface area (Å²) in [6.45, 7) is 0.556. The third-order valence-corrected chi connectivity index (χ3v) is 5.51. The number of halogens is 6. The van der Waals surface area contributed by atoms with Gasteiger partial charge >= 0.3 is 12.4 Å². The minimum absolute atomic E-state index is 0.145. The van der Waals surface area contributed by atoms with Crippen LogP contribution in [-0.4, -0.2) is 67.5 Å². The maximum absolute atomic E-state index is 13.9. The first-order valence-corrected chi connectivity index (χ1v) is 9.67. The fourth-order valence-electron chi connectivity index (χ4n) is 3.70. The first-order chi connectivity index (χ1) is 15.3. The number of aliphatic hydroxyl groups is 4. The van der Waals surface area contributed by atoms with Gasteiger partial charge in [0.15, 0.2) is 5.69 Å². The maximum Gasteiger partial charge on any atom is 0.434 e. The van der Waals surface area contributed by atoms with Crippen molar-refractivity contribution in [3.8, 4) is 11.3 Å². The second-order valence-corrected chi connectivity index (χ2v) is 7.67. The van der Waals surface area contributed by atoms with Crippen molar-refractivity contribution in [2.75, 3.05) is 6.61 Å². The molecule has 13 heteroatoms. The number of alkyl halides is 6. The van der Waals surface area contributed by atoms with E-state index >= 15 is 0 Å². The lowest BCUT2D eigenvalue weighted by Gasteiger charge is -2.42. The topological polar surface area (TPSA) is 116 Å². The van der Waals surface area contributed by atoms with Gasteiger partial charge in [-0.25, -0.2) is 4.98 Å². The summed E-state index contributed by atoms with van der Waals surface area (Å²) in [6, 6.07) is 2.94. The molecule has 6 atom stereocenters. The minimum atomic E-state index is -4.90. The van der Waals surface area contributed by atoms with Gasteiger partial charge in [0.2, 0.25) is 0 Å². The molecule has 2 heterocycles. The van der Waals surface area contributed by atoms with Crippen molar-refractivity contribution in [3.63, 3.8) is 0 Å². The van der Waals surface area contributed by atoms with E-state index in [0.717, 1.165) is 6.07 Å². The highest BCUT2D eigenvalue weighted by Crippen LogP contribution is 2.41. The third kappa shape index (κ3) is 5.11. The molecule has 0 saturated carbocycles. The Labute approximate surface area is 183 Å². The number of ether oxygens (including phenoxy) is 1. The quantitative estimate of drug-likeness (QED) is 0.494. The fourth-order valence-corrected chi connectivity index (χ4v) is 3.70.